The summed E-state index contributed by atoms with van der Waals surface area (Å²) in [5.41, 5.74) is 3.56. The summed E-state index contributed by atoms with van der Waals surface area (Å²) in [5, 5.41) is 9.37. The lowest BCUT2D eigenvalue weighted by molar-refractivity contribution is -0.135. The Labute approximate surface area is 224 Å². The van der Waals surface area contributed by atoms with Crippen molar-refractivity contribution in [2.45, 2.75) is 19.4 Å². The number of nitrogens with zero attached hydrogens (tertiary/aromatic N) is 2. The van der Waals surface area contributed by atoms with E-state index >= 15 is 0 Å². The van der Waals surface area contributed by atoms with Crippen LogP contribution in [0.1, 0.15) is 29.2 Å². The van der Waals surface area contributed by atoms with Crippen LogP contribution in [0, 0.1) is 6.92 Å². The molecule has 6 rings (SSSR count). The van der Waals surface area contributed by atoms with Crippen LogP contribution in [0.15, 0.2) is 105 Å². The number of aryl methyl sites for hydroxylation is 1. The van der Waals surface area contributed by atoms with Crippen LogP contribution in [-0.4, -0.2) is 30.3 Å². The van der Waals surface area contributed by atoms with Crippen LogP contribution in [0.4, 0.5) is 0 Å². The van der Waals surface area contributed by atoms with Crippen LogP contribution in [0.25, 0.3) is 21.7 Å². The van der Waals surface area contributed by atoms with E-state index in [0.717, 1.165) is 44.3 Å². The van der Waals surface area contributed by atoms with E-state index in [-0.39, 0.29) is 18.6 Å². The Morgan fingerprint density at radius 1 is 0.949 bits per heavy atom. The fourth-order valence-electron chi connectivity index (χ4n) is 4.98. The number of carbonyl (C=O) groups is 1. The topological polar surface area (TPSA) is 81.3 Å². The van der Waals surface area contributed by atoms with Gasteiger partial charge in [0.25, 0.3) is 5.91 Å². The molecule has 0 saturated carbocycles. The number of hydrogen-bond donors (Lipinski definition) is 0. The summed E-state index contributed by atoms with van der Waals surface area (Å²) in [6, 6.07) is 28.4. The molecule has 194 valence electrons. The molecular weight excluding hydrogens is 492 g/mol. The Hall–Kier alpha value is -4.91. The number of hydrogen-bond acceptors (Lipinski definition) is 6. The van der Waals surface area contributed by atoms with Gasteiger partial charge < -0.3 is 13.9 Å². The summed E-state index contributed by atoms with van der Waals surface area (Å²) in [6.07, 6.45) is 0.566. The molecule has 1 unspecified atom stereocenters. The lowest BCUT2D eigenvalue weighted by atomic mass is 9.97. The largest absolute Gasteiger partial charge is 0.497 e. The van der Waals surface area contributed by atoms with Gasteiger partial charge >= 0.3 is 5.63 Å². The third-order valence-electron chi connectivity index (χ3n) is 7.03. The highest BCUT2D eigenvalue weighted by Gasteiger charge is 2.33. The number of hydrazone groups is 1. The highest BCUT2D eigenvalue weighted by molar-refractivity contribution is 6.05. The maximum atomic E-state index is 13.5. The van der Waals surface area contributed by atoms with E-state index in [1.807, 2.05) is 55.5 Å². The van der Waals surface area contributed by atoms with Crippen molar-refractivity contribution < 1.29 is 18.7 Å². The molecule has 1 amide bonds. The van der Waals surface area contributed by atoms with E-state index < -0.39 is 5.63 Å². The summed E-state index contributed by atoms with van der Waals surface area (Å²) in [6.45, 7) is 1.63. The number of methoxy groups -OCH3 is 1. The first-order valence-electron chi connectivity index (χ1n) is 12.7. The molecule has 39 heavy (non-hydrogen) atoms. The molecule has 0 radical (unpaired) electrons. The molecular formula is C32H26N2O5. The number of ether oxygens (including phenoxy) is 2. The van der Waals surface area contributed by atoms with Gasteiger partial charge in [-0.3, -0.25) is 4.79 Å². The monoisotopic (exact) mass is 518 g/mol. The van der Waals surface area contributed by atoms with Gasteiger partial charge in [-0.1, -0.05) is 48.5 Å². The number of benzene rings is 4. The molecule has 4 aromatic carbocycles. The minimum atomic E-state index is -0.428. The molecule has 5 aromatic rings. The maximum absolute atomic E-state index is 13.5. The Bertz CT molecular complexity index is 1790. The van der Waals surface area contributed by atoms with Crippen molar-refractivity contribution in [2.24, 2.45) is 5.10 Å². The number of rotatable bonds is 6. The number of fused-ring (bicyclic) bond motifs is 2. The lowest BCUT2D eigenvalue weighted by Crippen LogP contribution is -2.31. The fraction of sp³-hybridized carbons (Fsp3) is 0.156. The fourth-order valence-corrected chi connectivity index (χ4v) is 4.98. The standard InChI is InChI=1S/C32H26N2O5/c1-20-15-32(36)39-30-17-26(13-14-27(20)30)38-19-31(35)34-29(22-9-11-25(37-2)12-10-22)18-28(33-34)24-8-7-21-5-3-4-6-23(21)16-24/h3-17,29H,18-19H2,1-2H3. The summed E-state index contributed by atoms with van der Waals surface area (Å²) in [7, 11) is 1.62. The van der Waals surface area contributed by atoms with Crippen LogP contribution in [-0.2, 0) is 4.79 Å². The predicted octanol–water partition coefficient (Wildman–Crippen LogP) is 6.02. The molecule has 2 heterocycles. The zero-order chi connectivity index (χ0) is 26.9. The van der Waals surface area contributed by atoms with E-state index in [1.54, 1.807) is 19.2 Å². The molecule has 0 saturated heterocycles. The molecule has 7 nitrogen and oxygen atoms in total. The van der Waals surface area contributed by atoms with Gasteiger partial charge in [0.15, 0.2) is 6.61 Å². The smallest absolute Gasteiger partial charge is 0.336 e. The summed E-state index contributed by atoms with van der Waals surface area (Å²) >= 11 is 0. The minimum Gasteiger partial charge on any atom is -0.497 e. The SMILES string of the molecule is COc1ccc(C2CC(c3ccc4ccccc4c3)=NN2C(=O)COc2ccc3c(C)cc(=O)oc3c2)cc1. The van der Waals surface area contributed by atoms with E-state index in [9.17, 15) is 9.59 Å². The molecule has 0 aliphatic carbocycles. The average Bonchev–Trinajstić information content (AvgIpc) is 3.41. The van der Waals surface area contributed by atoms with Gasteiger partial charge in [-0.2, -0.15) is 5.10 Å². The van der Waals surface area contributed by atoms with E-state index in [4.69, 9.17) is 19.0 Å². The van der Waals surface area contributed by atoms with Crippen LogP contribution in [0.3, 0.4) is 0 Å². The number of carbonyl (C=O) groups excluding carboxylic acids is 1. The van der Waals surface area contributed by atoms with E-state index in [2.05, 4.69) is 24.3 Å². The van der Waals surface area contributed by atoms with Crippen LogP contribution >= 0.6 is 0 Å². The Kier molecular flexibility index (Phi) is 6.32. The maximum Gasteiger partial charge on any atom is 0.336 e. The van der Waals surface area contributed by atoms with E-state index in [0.29, 0.717) is 17.8 Å². The predicted molar refractivity (Wildman–Crippen MR) is 150 cm³/mol. The van der Waals surface area contributed by atoms with Crippen LogP contribution < -0.4 is 15.1 Å². The number of amides is 1. The van der Waals surface area contributed by atoms with Crippen LogP contribution in [0.2, 0.25) is 0 Å². The van der Waals surface area contributed by atoms with Crippen molar-refractivity contribution in [3.05, 3.63) is 118 Å². The van der Waals surface area contributed by atoms with Gasteiger partial charge in [-0.25, -0.2) is 9.80 Å². The summed E-state index contributed by atoms with van der Waals surface area (Å²) in [5.74, 6) is 0.896. The van der Waals surface area contributed by atoms with Gasteiger partial charge in [-0.05, 0) is 64.7 Å². The highest BCUT2D eigenvalue weighted by atomic mass is 16.5. The molecule has 0 bridgehead atoms. The molecule has 1 atom stereocenters. The minimum absolute atomic E-state index is 0.220. The third-order valence-corrected chi connectivity index (χ3v) is 7.03. The Morgan fingerprint density at radius 2 is 1.72 bits per heavy atom. The normalized spacial score (nSPS) is 15.0. The average molecular weight is 519 g/mol. The molecule has 1 aliphatic heterocycles. The van der Waals surface area contributed by atoms with Crippen molar-refractivity contribution in [2.75, 3.05) is 13.7 Å². The molecule has 7 heteroatoms. The molecule has 0 fully saturated rings. The first-order chi connectivity index (χ1) is 19.0. The Morgan fingerprint density at radius 3 is 2.51 bits per heavy atom. The van der Waals surface area contributed by atoms with Gasteiger partial charge in [0.2, 0.25) is 0 Å². The molecule has 1 aromatic heterocycles. The highest BCUT2D eigenvalue weighted by Crippen LogP contribution is 2.34. The third kappa shape index (κ3) is 4.86. The van der Waals surface area contributed by atoms with Crippen molar-refractivity contribution in [3.8, 4) is 11.5 Å². The first kappa shape index (κ1) is 24.4. The van der Waals surface area contributed by atoms with E-state index in [1.165, 1.54) is 11.1 Å². The van der Waals surface area contributed by atoms with Gasteiger partial charge in [0, 0.05) is 23.9 Å². The van der Waals surface area contributed by atoms with Gasteiger partial charge in [0.05, 0.1) is 18.9 Å². The van der Waals surface area contributed by atoms with Gasteiger partial charge in [-0.15, -0.1) is 0 Å². The van der Waals surface area contributed by atoms with Crippen LogP contribution in [0.5, 0.6) is 11.5 Å². The quantitative estimate of drug-likeness (QED) is 0.257. The summed E-state index contributed by atoms with van der Waals surface area (Å²) in [4.78, 5) is 25.3. The molecule has 0 N–H and O–H groups in total. The van der Waals surface area contributed by atoms with Crippen molar-refractivity contribution in [1.82, 2.24) is 5.01 Å². The second-order valence-electron chi connectivity index (χ2n) is 9.54. The lowest BCUT2D eigenvalue weighted by Gasteiger charge is -2.22. The second kappa shape index (κ2) is 10.1. The summed E-state index contributed by atoms with van der Waals surface area (Å²) < 4.78 is 16.5. The first-order valence-corrected chi connectivity index (χ1v) is 12.7. The molecule has 1 aliphatic rings. The zero-order valence-electron chi connectivity index (χ0n) is 21.6. The van der Waals surface area contributed by atoms with Crippen molar-refractivity contribution in [1.29, 1.82) is 0 Å². The van der Waals surface area contributed by atoms with Gasteiger partial charge in [0.1, 0.15) is 17.1 Å². The Balaban J connectivity index is 1.28. The van der Waals surface area contributed by atoms with Crippen molar-refractivity contribution in [3.63, 3.8) is 0 Å². The molecule has 0 spiro atoms. The van der Waals surface area contributed by atoms with Crippen molar-refractivity contribution >= 4 is 33.4 Å². The second-order valence-corrected chi connectivity index (χ2v) is 9.54. The zero-order valence-corrected chi connectivity index (χ0v) is 21.6.